The van der Waals surface area contributed by atoms with E-state index in [1.807, 2.05) is 6.92 Å². The molecule has 2 aromatic carbocycles. The van der Waals surface area contributed by atoms with Crippen LogP contribution < -0.4 is 0 Å². The number of hydrogen-bond donors (Lipinski definition) is 5. The molecule has 0 amide bonds. The number of ketones is 2. The van der Waals surface area contributed by atoms with Crippen LogP contribution in [0.3, 0.4) is 0 Å². The Balaban J connectivity index is 1.28. The van der Waals surface area contributed by atoms with Crippen molar-refractivity contribution < 1.29 is 58.9 Å². The van der Waals surface area contributed by atoms with Gasteiger partial charge in [-0.1, -0.05) is 12.1 Å². The molecule has 6 rings (SSSR count). The van der Waals surface area contributed by atoms with Crippen LogP contribution in [0.4, 0.5) is 0 Å². The van der Waals surface area contributed by atoms with Crippen molar-refractivity contribution in [3.05, 3.63) is 57.6 Å². The maximum Gasteiger partial charge on any atom is 0.306 e. The third-order valence-electron chi connectivity index (χ3n) is 8.83. The van der Waals surface area contributed by atoms with Crippen LogP contribution in [-0.2, 0) is 30.2 Å². The van der Waals surface area contributed by atoms with Gasteiger partial charge in [0.2, 0.25) is 0 Å². The van der Waals surface area contributed by atoms with E-state index in [-0.39, 0.29) is 40.7 Å². The van der Waals surface area contributed by atoms with Crippen molar-refractivity contribution in [1.29, 1.82) is 0 Å². The van der Waals surface area contributed by atoms with Crippen molar-refractivity contribution in [2.45, 2.75) is 101 Å². The minimum Gasteiger partial charge on any atom is -0.507 e. The van der Waals surface area contributed by atoms with Crippen LogP contribution in [0, 0.1) is 0 Å². The lowest BCUT2D eigenvalue weighted by Crippen LogP contribution is -2.61. The molecule has 0 aromatic heterocycles. The number of phenolic OH excluding ortho intramolecular Hbond substituents is 2. The highest BCUT2D eigenvalue weighted by Gasteiger charge is 2.50. The topological polar surface area (TPSA) is 189 Å². The lowest BCUT2D eigenvalue weighted by atomic mass is 9.79. The van der Waals surface area contributed by atoms with Gasteiger partial charge in [0.15, 0.2) is 17.9 Å². The summed E-state index contributed by atoms with van der Waals surface area (Å²) in [7, 11) is 0. The number of aliphatic hydroxyl groups excluding tert-OH is 1. The van der Waals surface area contributed by atoms with Crippen LogP contribution in [0.1, 0.15) is 89.1 Å². The smallest absolute Gasteiger partial charge is 0.306 e. The molecule has 0 radical (unpaired) electrons. The molecule has 4 aliphatic rings. The number of benzene rings is 2. The van der Waals surface area contributed by atoms with E-state index in [9.17, 15) is 34.8 Å². The second kappa shape index (κ2) is 10.7. The molecule has 230 valence electrons. The molecule has 0 bridgehead atoms. The Labute approximate surface area is 246 Å². The van der Waals surface area contributed by atoms with E-state index in [0.29, 0.717) is 12.0 Å². The summed E-state index contributed by atoms with van der Waals surface area (Å²) >= 11 is 0. The number of carbonyl (C=O) groups is 3. The van der Waals surface area contributed by atoms with E-state index in [1.54, 1.807) is 6.92 Å². The molecular formula is C31H34O12. The molecule has 43 heavy (non-hydrogen) atoms. The molecule has 3 saturated heterocycles. The number of carbonyl (C=O) groups excluding carboxylic acids is 2. The Hall–Kier alpha value is -3.39. The Morgan fingerprint density at radius 1 is 0.884 bits per heavy atom. The summed E-state index contributed by atoms with van der Waals surface area (Å²) in [4.78, 5) is 38.3. The van der Waals surface area contributed by atoms with E-state index in [1.165, 1.54) is 31.2 Å². The van der Waals surface area contributed by atoms with E-state index < -0.39 is 90.1 Å². The Bertz CT molecular complexity index is 1500. The molecule has 3 aliphatic heterocycles. The van der Waals surface area contributed by atoms with Crippen LogP contribution in [0.2, 0.25) is 0 Å². The summed E-state index contributed by atoms with van der Waals surface area (Å²) in [6.07, 6.45) is -4.52. The standard InChI is InChI=1S/C31H34O12/c1-12-18(32)8-21-30(41-12)43-29-13(2)40-19(9-20(29)42-21)15-6-7-17-24(26(15)36)28(38)16-5-4-14(25(35)23(16)27(17)37)10-31(3,39)11-22(33)34/h4-7,12-13,18-21,29-30,32,35-36,39H,8-11H2,1-3H3,(H,33,34)/t12-,13+,18-,19+,20+,21-,29+,30-,31+/m0/s1. The maximum absolute atomic E-state index is 13.6. The van der Waals surface area contributed by atoms with Gasteiger partial charge < -0.3 is 44.5 Å². The van der Waals surface area contributed by atoms with Gasteiger partial charge in [0.1, 0.15) is 23.7 Å². The van der Waals surface area contributed by atoms with Gasteiger partial charge >= 0.3 is 5.97 Å². The summed E-state index contributed by atoms with van der Waals surface area (Å²) in [5.41, 5.74) is -2.02. The van der Waals surface area contributed by atoms with Gasteiger partial charge in [-0.3, -0.25) is 14.4 Å². The normalized spacial score (nSPS) is 33.0. The quantitative estimate of drug-likeness (QED) is 0.288. The maximum atomic E-state index is 13.6. The minimum absolute atomic E-state index is 0.104. The Morgan fingerprint density at radius 2 is 1.53 bits per heavy atom. The van der Waals surface area contributed by atoms with Crippen molar-refractivity contribution >= 4 is 17.5 Å². The van der Waals surface area contributed by atoms with E-state index in [2.05, 4.69) is 0 Å². The van der Waals surface area contributed by atoms with Crippen LogP contribution in [0.25, 0.3) is 0 Å². The highest BCUT2D eigenvalue weighted by molar-refractivity contribution is 6.30. The first-order chi connectivity index (χ1) is 20.3. The highest BCUT2D eigenvalue weighted by Crippen LogP contribution is 2.46. The average molecular weight is 599 g/mol. The van der Waals surface area contributed by atoms with Gasteiger partial charge in [0.25, 0.3) is 0 Å². The fourth-order valence-electron chi connectivity index (χ4n) is 6.67. The summed E-state index contributed by atoms with van der Waals surface area (Å²) in [5, 5.41) is 52.1. The third kappa shape index (κ3) is 5.11. The Kier molecular flexibility index (Phi) is 7.35. The number of fused-ring (bicyclic) bond motifs is 4. The van der Waals surface area contributed by atoms with Crippen molar-refractivity contribution in [3.63, 3.8) is 0 Å². The summed E-state index contributed by atoms with van der Waals surface area (Å²) < 4.78 is 24.4. The zero-order valence-electron chi connectivity index (χ0n) is 23.9. The number of carboxylic acids is 1. The first-order valence-corrected chi connectivity index (χ1v) is 14.3. The van der Waals surface area contributed by atoms with Crippen molar-refractivity contribution in [2.75, 3.05) is 0 Å². The molecule has 3 heterocycles. The SMILES string of the molecule is C[C@@H]1O[C@H]2O[C@@H]3[C@@H](C)O[C@@H](c4ccc5c(c4O)C(=O)c4ccc(C[C@@](C)(O)CC(=O)O)c(O)c4C5=O)C[C@H]3O[C@H]2C[C@@H]1O. The molecule has 12 heteroatoms. The molecule has 0 unspecified atom stereocenters. The molecule has 2 aromatic rings. The van der Waals surface area contributed by atoms with E-state index in [0.717, 1.165) is 0 Å². The van der Waals surface area contributed by atoms with Crippen molar-refractivity contribution in [2.24, 2.45) is 0 Å². The molecule has 0 saturated carbocycles. The molecular weight excluding hydrogens is 564 g/mol. The number of rotatable bonds is 5. The van der Waals surface area contributed by atoms with Gasteiger partial charge in [-0.15, -0.1) is 0 Å². The number of ether oxygens (including phenoxy) is 4. The van der Waals surface area contributed by atoms with Crippen molar-refractivity contribution in [3.8, 4) is 11.5 Å². The summed E-state index contributed by atoms with van der Waals surface area (Å²) in [5.74, 6) is -3.53. The number of hydrogen-bond acceptors (Lipinski definition) is 11. The number of carboxylic acid groups (broad SMARTS) is 1. The van der Waals surface area contributed by atoms with Crippen LogP contribution in [-0.4, -0.2) is 91.6 Å². The van der Waals surface area contributed by atoms with Gasteiger partial charge in [-0.05, 0) is 38.5 Å². The first-order valence-electron chi connectivity index (χ1n) is 14.3. The monoisotopic (exact) mass is 598 g/mol. The average Bonchev–Trinajstić information content (AvgIpc) is 2.91. The second-order valence-electron chi connectivity index (χ2n) is 12.2. The number of phenols is 2. The van der Waals surface area contributed by atoms with Crippen LogP contribution in [0.5, 0.6) is 11.5 Å². The minimum atomic E-state index is -1.71. The summed E-state index contributed by atoms with van der Waals surface area (Å²) in [6.45, 7) is 4.88. The van der Waals surface area contributed by atoms with Crippen LogP contribution in [0.15, 0.2) is 24.3 Å². The van der Waals surface area contributed by atoms with Gasteiger partial charge in [0, 0.05) is 36.0 Å². The van der Waals surface area contributed by atoms with Gasteiger partial charge in [-0.2, -0.15) is 0 Å². The van der Waals surface area contributed by atoms with Crippen LogP contribution >= 0.6 is 0 Å². The zero-order chi connectivity index (χ0) is 31.0. The molecule has 9 atom stereocenters. The fourth-order valence-corrected chi connectivity index (χ4v) is 6.67. The molecule has 3 fully saturated rings. The van der Waals surface area contributed by atoms with E-state index >= 15 is 0 Å². The third-order valence-corrected chi connectivity index (χ3v) is 8.83. The highest BCUT2D eigenvalue weighted by atomic mass is 16.7. The van der Waals surface area contributed by atoms with Gasteiger partial charge in [-0.25, -0.2) is 0 Å². The first kappa shape index (κ1) is 29.7. The molecule has 1 aliphatic carbocycles. The molecule has 12 nitrogen and oxygen atoms in total. The lowest BCUT2D eigenvalue weighted by molar-refractivity contribution is -0.365. The van der Waals surface area contributed by atoms with Crippen molar-refractivity contribution in [1.82, 2.24) is 0 Å². The fraction of sp³-hybridized carbons (Fsp3) is 0.516. The van der Waals surface area contributed by atoms with E-state index in [4.69, 9.17) is 24.1 Å². The number of aliphatic hydroxyl groups is 2. The van der Waals surface area contributed by atoms with Gasteiger partial charge in [0.05, 0.1) is 53.7 Å². The number of aliphatic carboxylic acids is 1. The second-order valence-corrected chi connectivity index (χ2v) is 12.2. The Morgan fingerprint density at radius 3 is 2.21 bits per heavy atom. The molecule has 0 spiro atoms. The predicted molar refractivity (Wildman–Crippen MR) is 146 cm³/mol. The zero-order valence-corrected chi connectivity index (χ0v) is 23.9. The lowest BCUT2D eigenvalue weighted by Gasteiger charge is -2.50. The largest absolute Gasteiger partial charge is 0.507 e. The number of aromatic hydroxyl groups is 2. The summed E-state index contributed by atoms with van der Waals surface area (Å²) in [6, 6.07) is 5.59. The predicted octanol–water partition coefficient (Wildman–Crippen LogP) is 2.14. The molecule has 5 N–H and O–H groups in total.